The number of hydrogen-bond acceptors (Lipinski definition) is 8. The van der Waals surface area contributed by atoms with Gasteiger partial charge in [-0.05, 0) is 55.4 Å². The lowest BCUT2D eigenvalue weighted by atomic mass is 9.98. The fraction of sp³-hybridized carbons (Fsp3) is 0.438. The lowest BCUT2D eigenvalue weighted by Crippen LogP contribution is -2.45. The van der Waals surface area contributed by atoms with E-state index in [0.29, 0.717) is 56.5 Å². The molecule has 0 radical (unpaired) electrons. The summed E-state index contributed by atoms with van der Waals surface area (Å²) in [5, 5.41) is 9.82. The number of amides is 1. The fourth-order valence-corrected chi connectivity index (χ4v) is 6.05. The zero-order chi connectivity index (χ0) is 29.5. The predicted octanol–water partition coefficient (Wildman–Crippen LogP) is 3.37. The second-order valence-electron chi connectivity index (χ2n) is 10.9. The Balaban J connectivity index is 1.30. The zero-order valence-electron chi connectivity index (χ0n) is 24.1. The summed E-state index contributed by atoms with van der Waals surface area (Å²) < 4.78 is 11.0. The molecule has 0 saturated carbocycles. The van der Waals surface area contributed by atoms with E-state index in [-0.39, 0.29) is 17.5 Å². The van der Waals surface area contributed by atoms with Gasteiger partial charge in [0.25, 0.3) is 0 Å². The molecule has 0 bridgehead atoms. The maximum Gasteiger partial charge on any atom is 0.339 e. The van der Waals surface area contributed by atoms with Crippen molar-refractivity contribution in [1.82, 2.24) is 14.9 Å². The van der Waals surface area contributed by atoms with Crippen LogP contribution >= 0.6 is 0 Å². The van der Waals surface area contributed by atoms with Crippen molar-refractivity contribution in [2.75, 3.05) is 44.8 Å². The molecule has 0 unspecified atom stereocenters. The third kappa shape index (κ3) is 6.82. The SMILES string of the molecule is COc1ccccc1CC(=O)N1CCCC[C@@H]2CN(c3ncc(C(=O)O)c(CCc4ccc(OCCN)cc4)n3)C[C@H]21. The van der Waals surface area contributed by atoms with E-state index in [1.807, 2.05) is 53.4 Å². The number of nitrogens with two attached hydrogens (primary N) is 1. The number of aromatic nitrogens is 2. The van der Waals surface area contributed by atoms with Gasteiger partial charge in [-0.15, -0.1) is 0 Å². The molecule has 2 aliphatic rings. The Labute approximate surface area is 246 Å². The van der Waals surface area contributed by atoms with Gasteiger partial charge in [-0.1, -0.05) is 36.8 Å². The molecular weight excluding hydrogens is 534 g/mol. The first-order valence-electron chi connectivity index (χ1n) is 14.6. The minimum atomic E-state index is -1.04. The lowest BCUT2D eigenvalue weighted by Gasteiger charge is -2.30. The molecule has 10 heteroatoms. The first-order valence-corrected chi connectivity index (χ1v) is 14.6. The van der Waals surface area contributed by atoms with Crippen LogP contribution in [-0.2, 0) is 24.1 Å². The maximum atomic E-state index is 13.6. The number of nitrogens with zero attached hydrogens (tertiary/aromatic N) is 4. The number of hydrogen-bond donors (Lipinski definition) is 2. The summed E-state index contributed by atoms with van der Waals surface area (Å²) in [4.78, 5) is 39.0. The predicted molar refractivity (Wildman–Crippen MR) is 159 cm³/mol. The zero-order valence-corrected chi connectivity index (χ0v) is 24.1. The van der Waals surface area contributed by atoms with Gasteiger partial charge in [-0.2, -0.15) is 0 Å². The second-order valence-corrected chi connectivity index (χ2v) is 10.9. The Bertz CT molecular complexity index is 1380. The van der Waals surface area contributed by atoms with Gasteiger partial charge in [0.2, 0.25) is 11.9 Å². The van der Waals surface area contributed by atoms with Crippen LogP contribution in [0.5, 0.6) is 11.5 Å². The van der Waals surface area contributed by atoms with Crippen LogP contribution < -0.4 is 20.1 Å². The van der Waals surface area contributed by atoms with E-state index in [4.69, 9.17) is 20.2 Å². The summed E-state index contributed by atoms with van der Waals surface area (Å²) in [6, 6.07) is 15.4. The Kier molecular flexibility index (Phi) is 9.53. The normalized spacial score (nSPS) is 18.3. The monoisotopic (exact) mass is 573 g/mol. The number of para-hydroxylation sites is 1. The van der Waals surface area contributed by atoms with Gasteiger partial charge < -0.3 is 30.1 Å². The molecule has 222 valence electrons. The molecule has 5 rings (SSSR count). The third-order valence-electron chi connectivity index (χ3n) is 8.21. The molecule has 1 aromatic heterocycles. The van der Waals surface area contributed by atoms with Crippen molar-refractivity contribution in [1.29, 1.82) is 0 Å². The van der Waals surface area contributed by atoms with E-state index < -0.39 is 5.97 Å². The largest absolute Gasteiger partial charge is 0.496 e. The summed E-state index contributed by atoms with van der Waals surface area (Å²) in [6.07, 6.45) is 5.88. The summed E-state index contributed by atoms with van der Waals surface area (Å²) in [7, 11) is 1.62. The van der Waals surface area contributed by atoms with Crippen LogP contribution in [0.1, 0.15) is 46.4 Å². The van der Waals surface area contributed by atoms with Crippen LogP contribution in [0.25, 0.3) is 0 Å². The number of likely N-dealkylation sites (tertiary alicyclic amines) is 1. The molecule has 3 aromatic rings. The van der Waals surface area contributed by atoms with Crippen LogP contribution in [0.15, 0.2) is 54.7 Å². The molecule has 0 aliphatic carbocycles. The molecule has 2 fully saturated rings. The Hall–Kier alpha value is -4.18. The van der Waals surface area contributed by atoms with Crippen LogP contribution in [-0.4, -0.2) is 77.8 Å². The molecule has 1 amide bonds. The summed E-state index contributed by atoms with van der Waals surface area (Å²) in [6.45, 7) is 2.99. The van der Waals surface area contributed by atoms with Crippen molar-refractivity contribution in [3.05, 3.63) is 77.1 Å². The number of carboxylic acids is 1. The number of ether oxygens (including phenoxy) is 2. The Morgan fingerprint density at radius 3 is 2.64 bits per heavy atom. The fourth-order valence-electron chi connectivity index (χ4n) is 6.05. The van der Waals surface area contributed by atoms with E-state index in [2.05, 4.69) is 9.88 Å². The Morgan fingerprint density at radius 1 is 1.07 bits per heavy atom. The summed E-state index contributed by atoms with van der Waals surface area (Å²) in [5.74, 6) is 1.36. The first kappa shape index (κ1) is 29.3. The lowest BCUT2D eigenvalue weighted by molar-refractivity contribution is -0.132. The topological polar surface area (TPSA) is 131 Å². The van der Waals surface area contributed by atoms with E-state index in [9.17, 15) is 14.7 Å². The van der Waals surface area contributed by atoms with Crippen molar-refractivity contribution in [3.8, 4) is 11.5 Å². The molecule has 0 spiro atoms. The van der Waals surface area contributed by atoms with E-state index >= 15 is 0 Å². The first-order chi connectivity index (χ1) is 20.5. The number of methoxy groups -OCH3 is 1. The van der Waals surface area contributed by atoms with Crippen molar-refractivity contribution in [2.24, 2.45) is 11.7 Å². The number of carbonyl (C=O) groups excluding carboxylic acids is 1. The number of aromatic carboxylic acids is 1. The molecule has 2 aromatic carbocycles. The second kappa shape index (κ2) is 13.7. The van der Waals surface area contributed by atoms with E-state index in [1.165, 1.54) is 6.20 Å². The summed E-state index contributed by atoms with van der Waals surface area (Å²) >= 11 is 0. The van der Waals surface area contributed by atoms with Crippen LogP contribution in [0.3, 0.4) is 0 Å². The highest BCUT2D eigenvalue weighted by atomic mass is 16.5. The van der Waals surface area contributed by atoms with Gasteiger partial charge >= 0.3 is 5.97 Å². The molecule has 10 nitrogen and oxygen atoms in total. The molecule has 2 aliphatic heterocycles. The number of carbonyl (C=O) groups is 2. The standard InChI is InChI=1S/C32H39N5O5/c1-41-29-8-3-2-6-23(29)18-30(38)37-16-5-4-7-24-20-36(21-28(24)37)32-34-19-26(31(39)40)27(35-32)14-11-22-9-12-25(13-10-22)42-17-15-33/h2-3,6,8-10,12-13,19,24,28H,4-5,7,11,14-18,20-21,33H2,1H3,(H,39,40)/t24-,28-/m1/s1. The van der Waals surface area contributed by atoms with Gasteiger partial charge in [0.05, 0.1) is 30.8 Å². The minimum Gasteiger partial charge on any atom is -0.496 e. The molecular formula is C32H39N5O5. The molecule has 2 saturated heterocycles. The maximum absolute atomic E-state index is 13.6. The van der Waals surface area contributed by atoms with Gasteiger partial charge in [0, 0.05) is 37.9 Å². The average Bonchev–Trinajstić information content (AvgIpc) is 3.32. The molecule has 3 heterocycles. The number of benzene rings is 2. The van der Waals surface area contributed by atoms with E-state index in [0.717, 1.165) is 55.0 Å². The molecule has 42 heavy (non-hydrogen) atoms. The number of anilines is 1. The van der Waals surface area contributed by atoms with Gasteiger partial charge in [0.1, 0.15) is 18.1 Å². The third-order valence-corrected chi connectivity index (χ3v) is 8.21. The quantitative estimate of drug-likeness (QED) is 0.354. The van der Waals surface area contributed by atoms with Gasteiger partial charge in [-0.25, -0.2) is 14.8 Å². The number of aryl methyl sites for hydroxylation is 2. The van der Waals surface area contributed by atoms with Crippen molar-refractivity contribution < 1.29 is 24.2 Å². The summed E-state index contributed by atoms with van der Waals surface area (Å²) in [5.41, 5.74) is 8.06. The van der Waals surface area contributed by atoms with Crippen molar-refractivity contribution in [3.63, 3.8) is 0 Å². The van der Waals surface area contributed by atoms with Crippen molar-refractivity contribution >= 4 is 17.8 Å². The average molecular weight is 574 g/mol. The highest BCUT2D eigenvalue weighted by Gasteiger charge is 2.40. The Morgan fingerprint density at radius 2 is 1.88 bits per heavy atom. The number of rotatable bonds is 11. The van der Waals surface area contributed by atoms with Gasteiger partial charge in [0.15, 0.2) is 0 Å². The van der Waals surface area contributed by atoms with Gasteiger partial charge in [-0.3, -0.25) is 4.79 Å². The smallest absolute Gasteiger partial charge is 0.339 e. The van der Waals surface area contributed by atoms with Crippen molar-refractivity contribution in [2.45, 2.75) is 44.6 Å². The number of carboxylic acid groups (broad SMARTS) is 1. The highest BCUT2D eigenvalue weighted by molar-refractivity contribution is 5.88. The molecule has 3 N–H and O–H groups in total. The molecule has 2 atom stereocenters. The highest BCUT2D eigenvalue weighted by Crippen LogP contribution is 2.33. The number of fused-ring (bicyclic) bond motifs is 1. The van der Waals surface area contributed by atoms with Crippen LogP contribution in [0.2, 0.25) is 0 Å². The minimum absolute atomic E-state index is 0.0564. The van der Waals surface area contributed by atoms with E-state index in [1.54, 1.807) is 7.11 Å². The van der Waals surface area contributed by atoms with Crippen LogP contribution in [0.4, 0.5) is 5.95 Å². The van der Waals surface area contributed by atoms with Crippen LogP contribution in [0, 0.1) is 5.92 Å².